The van der Waals surface area contributed by atoms with Gasteiger partial charge in [-0.1, -0.05) is 18.2 Å². The molecule has 2 amide bonds. The van der Waals surface area contributed by atoms with Gasteiger partial charge >= 0.3 is 6.18 Å². The first-order chi connectivity index (χ1) is 16.2. The molecular formula is C24H20F3N5O2. The zero-order chi connectivity index (χ0) is 24.5. The van der Waals surface area contributed by atoms with Crippen LogP contribution >= 0.6 is 0 Å². The van der Waals surface area contributed by atoms with Crippen LogP contribution in [0.5, 0.6) is 0 Å². The number of alkyl halides is 3. The molecule has 2 heterocycles. The van der Waals surface area contributed by atoms with E-state index in [1.165, 1.54) is 0 Å². The van der Waals surface area contributed by atoms with E-state index < -0.39 is 17.8 Å². The van der Waals surface area contributed by atoms with Crippen LogP contribution in [-0.2, 0) is 12.7 Å². The van der Waals surface area contributed by atoms with Crippen molar-refractivity contribution >= 4 is 22.7 Å². The Morgan fingerprint density at radius 1 is 1.03 bits per heavy atom. The minimum Gasteiger partial charge on any atom is -0.354 e. The highest BCUT2D eigenvalue weighted by Gasteiger charge is 2.32. The Bertz CT molecular complexity index is 1380. The molecule has 0 bridgehead atoms. The van der Waals surface area contributed by atoms with Crippen molar-refractivity contribution in [3.63, 3.8) is 0 Å². The Kier molecular flexibility index (Phi) is 6.06. The van der Waals surface area contributed by atoms with Crippen molar-refractivity contribution in [2.24, 2.45) is 0 Å². The molecule has 0 spiro atoms. The first-order valence-corrected chi connectivity index (χ1v) is 10.3. The van der Waals surface area contributed by atoms with Crippen LogP contribution in [0, 0.1) is 6.92 Å². The number of aryl methyl sites for hydroxylation is 1. The Morgan fingerprint density at radius 3 is 2.44 bits per heavy atom. The maximum absolute atomic E-state index is 12.8. The Labute approximate surface area is 192 Å². The van der Waals surface area contributed by atoms with E-state index in [0.717, 1.165) is 39.9 Å². The zero-order valence-electron chi connectivity index (χ0n) is 18.2. The zero-order valence-corrected chi connectivity index (χ0v) is 18.2. The van der Waals surface area contributed by atoms with Gasteiger partial charge < -0.3 is 15.6 Å². The summed E-state index contributed by atoms with van der Waals surface area (Å²) in [4.78, 5) is 34.8. The molecule has 0 fully saturated rings. The minimum atomic E-state index is -4.58. The van der Waals surface area contributed by atoms with Crippen molar-refractivity contribution < 1.29 is 22.8 Å². The normalized spacial score (nSPS) is 11.4. The fourth-order valence-electron chi connectivity index (χ4n) is 3.58. The van der Waals surface area contributed by atoms with Gasteiger partial charge in [-0.05, 0) is 53.9 Å². The number of benzene rings is 2. The summed E-state index contributed by atoms with van der Waals surface area (Å²) in [5.74, 6) is -0.830. The van der Waals surface area contributed by atoms with E-state index in [4.69, 9.17) is 0 Å². The van der Waals surface area contributed by atoms with Crippen LogP contribution < -0.4 is 10.6 Å². The van der Waals surface area contributed by atoms with Crippen LogP contribution in [0.15, 0.2) is 54.7 Å². The second kappa shape index (κ2) is 8.97. The number of nitrogens with zero attached hydrogens (tertiary/aromatic N) is 2. The average Bonchev–Trinajstić information content (AvgIpc) is 3.25. The monoisotopic (exact) mass is 467 g/mol. The van der Waals surface area contributed by atoms with E-state index >= 15 is 0 Å². The van der Waals surface area contributed by atoms with Gasteiger partial charge in [0, 0.05) is 29.7 Å². The van der Waals surface area contributed by atoms with Crippen molar-refractivity contribution in [3.05, 3.63) is 83.1 Å². The lowest BCUT2D eigenvalue weighted by atomic mass is 9.98. The van der Waals surface area contributed by atoms with Gasteiger partial charge in [-0.3, -0.25) is 9.59 Å². The number of hydrogen-bond donors (Lipinski definition) is 3. The topological polar surface area (TPSA) is 99.8 Å². The van der Waals surface area contributed by atoms with Crippen molar-refractivity contribution in [1.82, 2.24) is 25.6 Å². The van der Waals surface area contributed by atoms with Crippen molar-refractivity contribution in [1.29, 1.82) is 0 Å². The summed E-state index contributed by atoms with van der Waals surface area (Å²) in [5.41, 5.74) is 3.26. The summed E-state index contributed by atoms with van der Waals surface area (Å²) in [6.07, 6.45) is -3.58. The van der Waals surface area contributed by atoms with Crippen LogP contribution in [0.25, 0.3) is 22.0 Å². The summed E-state index contributed by atoms with van der Waals surface area (Å²) in [6, 6.07) is 13.3. The molecule has 4 aromatic rings. The van der Waals surface area contributed by atoms with Crippen LogP contribution in [0.3, 0.4) is 0 Å². The molecular weight excluding hydrogens is 447 g/mol. The van der Waals surface area contributed by atoms with Gasteiger partial charge in [0.2, 0.25) is 0 Å². The molecule has 2 aromatic heterocycles. The van der Waals surface area contributed by atoms with E-state index in [-0.39, 0.29) is 18.3 Å². The lowest BCUT2D eigenvalue weighted by Crippen LogP contribution is -2.24. The molecule has 7 nitrogen and oxygen atoms in total. The quantitative estimate of drug-likeness (QED) is 0.409. The van der Waals surface area contributed by atoms with E-state index in [0.29, 0.717) is 11.3 Å². The fraction of sp³-hybridized carbons (Fsp3) is 0.167. The lowest BCUT2D eigenvalue weighted by molar-refractivity contribution is -0.141. The molecule has 0 atom stereocenters. The predicted octanol–water partition coefficient (Wildman–Crippen LogP) is 4.24. The maximum atomic E-state index is 12.8. The molecule has 3 N–H and O–H groups in total. The second-order valence-corrected chi connectivity index (χ2v) is 7.65. The van der Waals surface area contributed by atoms with Crippen LogP contribution in [0.4, 0.5) is 13.2 Å². The molecule has 0 aliphatic carbocycles. The van der Waals surface area contributed by atoms with Crippen LogP contribution in [-0.4, -0.2) is 33.8 Å². The Hall–Kier alpha value is -4.21. The Balaban J connectivity index is 1.53. The molecule has 10 heteroatoms. The Morgan fingerprint density at radius 2 is 1.76 bits per heavy atom. The molecule has 0 saturated carbocycles. The number of halogens is 3. The number of nitrogens with one attached hydrogen (secondary N) is 3. The van der Waals surface area contributed by atoms with Crippen LogP contribution in [0.2, 0.25) is 0 Å². The van der Waals surface area contributed by atoms with Crippen molar-refractivity contribution in [3.8, 4) is 11.1 Å². The molecule has 2 aromatic carbocycles. The van der Waals surface area contributed by atoms with Gasteiger partial charge in [0.25, 0.3) is 11.8 Å². The number of carbonyl (C=O) groups is 2. The number of aromatic amines is 1. The molecule has 4 rings (SSSR count). The van der Waals surface area contributed by atoms with E-state index in [2.05, 4.69) is 25.6 Å². The third-order valence-corrected chi connectivity index (χ3v) is 5.22. The van der Waals surface area contributed by atoms with E-state index in [1.807, 2.05) is 19.1 Å². The second-order valence-electron chi connectivity index (χ2n) is 7.65. The molecule has 0 saturated heterocycles. The number of fused-ring (bicyclic) bond motifs is 1. The van der Waals surface area contributed by atoms with Gasteiger partial charge in [0.1, 0.15) is 17.2 Å². The molecule has 174 valence electrons. The third-order valence-electron chi connectivity index (χ3n) is 5.22. The predicted molar refractivity (Wildman–Crippen MR) is 120 cm³/mol. The van der Waals surface area contributed by atoms with Gasteiger partial charge in [0.15, 0.2) is 0 Å². The number of amides is 2. The van der Waals surface area contributed by atoms with E-state index in [9.17, 15) is 22.8 Å². The number of H-pyrrole nitrogens is 1. The largest absolute Gasteiger partial charge is 0.433 e. The third kappa shape index (κ3) is 4.75. The number of rotatable bonds is 5. The standard InChI is InChI=1S/C24H20F3N5O2/c1-13-9-16(17-11-19(23(34)28-2)31-18(17)10-13)14-3-5-15(6-4-14)22(33)30-12-21-29-8-7-20(32-21)24(25,26)27/h3-11,31H,12H2,1-2H3,(H,28,34)(H,30,33). The van der Waals surface area contributed by atoms with Gasteiger partial charge in [-0.2, -0.15) is 13.2 Å². The highest BCUT2D eigenvalue weighted by Crippen LogP contribution is 2.31. The number of hydrogen-bond acceptors (Lipinski definition) is 4. The summed E-state index contributed by atoms with van der Waals surface area (Å²) < 4.78 is 38.4. The SMILES string of the molecule is CNC(=O)c1cc2c(-c3ccc(C(=O)NCc4nccc(C(F)(F)F)n4)cc3)cc(C)cc2[nH]1. The summed E-state index contributed by atoms with van der Waals surface area (Å²) in [5, 5.41) is 5.99. The molecule has 0 aliphatic rings. The lowest BCUT2D eigenvalue weighted by Gasteiger charge is -2.09. The minimum absolute atomic E-state index is 0.138. The molecule has 0 aliphatic heterocycles. The summed E-state index contributed by atoms with van der Waals surface area (Å²) in [7, 11) is 1.56. The number of aromatic nitrogens is 3. The van der Waals surface area contributed by atoms with Crippen molar-refractivity contribution in [2.75, 3.05) is 7.05 Å². The van der Waals surface area contributed by atoms with E-state index in [1.54, 1.807) is 37.4 Å². The number of carbonyl (C=O) groups excluding carboxylic acids is 2. The first kappa shape index (κ1) is 23.0. The average molecular weight is 467 g/mol. The fourth-order valence-corrected chi connectivity index (χ4v) is 3.58. The first-order valence-electron chi connectivity index (χ1n) is 10.3. The highest BCUT2D eigenvalue weighted by molar-refractivity contribution is 6.03. The summed E-state index contributed by atoms with van der Waals surface area (Å²) >= 11 is 0. The van der Waals surface area contributed by atoms with Crippen LogP contribution in [0.1, 0.15) is 37.9 Å². The highest BCUT2D eigenvalue weighted by atomic mass is 19.4. The summed E-state index contributed by atoms with van der Waals surface area (Å²) in [6.45, 7) is 1.70. The smallest absolute Gasteiger partial charge is 0.354 e. The van der Waals surface area contributed by atoms with Gasteiger partial charge in [-0.25, -0.2) is 9.97 Å². The molecule has 0 radical (unpaired) electrons. The van der Waals surface area contributed by atoms with Crippen molar-refractivity contribution in [2.45, 2.75) is 19.6 Å². The molecule has 0 unspecified atom stereocenters. The molecule has 34 heavy (non-hydrogen) atoms. The van der Waals surface area contributed by atoms with Gasteiger partial charge in [-0.15, -0.1) is 0 Å². The van der Waals surface area contributed by atoms with Gasteiger partial charge in [0.05, 0.1) is 6.54 Å². The maximum Gasteiger partial charge on any atom is 0.433 e.